The number of halogens is 3. The Bertz CT molecular complexity index is 404. The predicted octanol–water partition coefficient (Wildman–Crippen LogP) is 2.04. The molecule has 1 fully saturated rings. The molecule has 1 aromatic rings. The molecular formula is C11H10F3NO. The number of nitrogens with one attached hydrogen (secondary N) is 1. The highest BCUT2D eigenvalue weighted by atomic mass is 19.1. The third-order valence-electron chi connectivity index (χ3n) is 2.63. The van der Waals surface area contributed by atoms with Crippen molar-refractivity contribution in [3.05, 3.63) is 35.1 Å². The highest BCUT2D eigenvalue weighted by Gasteiger charge is 2.28. The van der Waals surface area contributed by atoms with E-state index in [1.54, 1.807) is 0 Å². The quantitative estimate of drug-likeness (QED) is 0.786. The molecule has 0 amide bonds. The highest BCUT2D eigenvalue weighted by molar-refractivity contribution is 6.00. The van der Waals surface area contributed by atoms with Crippen LogP contribution in [0.25, 0.3) is 0 Å². The predicted molar refractivity (Wildman–Crippen MR) is 51.7 cm³/mol. The van der Waals surface area contributed by atoms with Crippen molar-refractivity contribution in [1.29, 1.82) is 0 Å². The number of carbonyl (C=O) groups is 1. The molecule has 1 saturated heterocycles. The van der Waals surface area contributed by atoms with Crippen molar-refractivity contribution < 1.29 is 18.0 Å². The van der Waals surface area contributed by atoms with Gasteiger partial charge in [-0.15, -0.1) is 0 Å². The van der Waals surface area contributed by atoms with Crippen molar-refractivity contribution in [2.24, 2.45) is 0 Å². The molecular weight excluding hydrogens is 219 g/mol. The number of carbonyl (C=O) groups excluding carboxylic acids is 1. The van der Waals surface area contributed by atoms with Gasteiger partial charge in [-0.2, -0.15) is 0 Å². The molecule has 1 heterocycles. The fourth-order valence-electron chi connectivity index (χ4n) is 1.86. The first-order chi connectivity index (χ1) is 7.59. The third-order valence-corrected chi connectivity index (χ3v) is 2.63. The molecule has 86 valence electrons. The molecule has 0 aliphatic carbocycles. The van der Waals surface area contributed by atoms with Gasteiger partial charge in [-0.1, -0.05) is 0 Å². The van der Waals surface area contributed by atoms with E-state index in [1.165, 1.54) is 0 Å². The first-order valence-electron chi connectivity index (χ1n) is 5.01. The van der Waals surface area contributed by atoms with Gasteiger partial charge in [-0.25, -0.2) is 13.2 Å². The zero-order valence-electron chi connectivity index (χ0n) is 8.40. The Hall–Kier alpha value is -1.36. The van der Waals surface area contributed by atoms with Gasteiger partial charge >= 0.3 is 0 Å². The van der Waals surface area contributed by atoms with E-state index in [4.69, 9.17) is 0 Å². The maximum atomic E-state index is 13.3. The summed E-state index contributed by atoms with van der Waals surface area (Å²) in [6.07, 6.45) is 1.34. The van der Waals surface area contributed by atoms with E-state index in [1.807, 2.05) is 0 Å². The first-order valence-corrected chi connectivity index (χ1v) is 5.01. The van der Waals surface area contributed by atoms with Crippen LogP contribution in [0.5, 0.6) is 0 Å². The second-order valence-electron chi connectivity index (χ2n) is 3.76. The van der Waals surface area contributed by atoms with E-state index in [0.29, 0.717) is 25.1 Å². The minimum Gasteiger partial charge on any atom is -0.307 e. The molecule has 1 unspecified atom stereocenters. The Morgan fingerprint density at radius 1 is 1.25 bits per heavy atom. The standard InChI is InChI=1S/C11H10F3NO/c12-6-4-7(13)10(8(14)5-6)11(16)9-2-1-3-15-9/h4-5,9,15H,1-3H2. The van der Waals surface area contributed by atoms with Crippen molar-refractivity contribution >= 4 is 5.78 Å². The Morgan fingerprint density at radius 3 is 2.38 bits per heavy atom. The van der Waals surface area contributed by atoms with Crippen molar-refractivity contribution in [1.82, 2.24) is 5.32 Å². The van der Waals surface area contributed by atoms with Gasteiger partial charge in [0, 0.05) is 12.1 Å². The fourth-order valence-corrected chi connectivity index (χ4v) is 1.86. The van der Waals surface area contributed by atoms with Gasteiger partial charge < -0.3 is 5.32 Å². The lowest BCUT2D eigenvalue weighted by atomic mass is 10.0. The summed E-state index contributed by atoms with van der Waals surface area (Å²) in [5, 5.41) is 2.85. The summed E-state index contributed by atoms with van der Waals surface area (Å²) in [5.74, 6) is -3.95. The number of benzene rings is 1. The molecule has 2 rings (SSSR count). The van der Waals surface area contributed by atoms with Crippen LogP contribution in [0, 0.1) is 17.5 Å². The topological polar surface area (TPSA) is 29.1 Å². The van der Waals surface area contributed by atoms with Crippen LogP contribution < -0.4 is 5.32 Å². The van der Waals surface area contributed by atoms with Crippen LogP contribution in [0.2, 0.25) is 0 Å². The van der Waals surface area contributed by atoms with Crippen LogP contribution in [0.15, 0.2) is 12.1 Å². The van der Waals surface area contributed by atoms with E-state index < -0.39 is 34.8 Å². The van der Waals surface area contributed by atoms with Gasteiger partial charge in [-0.3, -0.25) is 4.79 Å². The van der Waals surface area contributed by atoms with Gasteiger partial charge in [0.2, 0.25) is 0 Å². The Morgan fingerprint density at radius 2 is 1.88 bits per heavy atom. The number of ketones is 1. The van der Waals surface area contributed by atoms with E-state index in [2.05, 4.69) is 5.32 Å². The Labute approximate surface area is 90.5 Å². The summed E-state index contributed by atoms with van der Waals surface area (Å²) in [6.45, 7) is 0.654. The van der Waals surface area contributed by atoms with Crippen LogP contribution in [0.1, 0.15) is 23.2 Å². The van der Waals surface area contributed by atoms with Crippen molar-refractivity contribution in [3.63, 3.8) is 0 Å². The summed E-state index contributed by atoms with van der Waals surface area (Å²) in [6, 6.07) is 0.478. The van der Waals surface area contributed by atoms with E-state index in [-0.39, 0.29) is 0 Å². The van der Waals surface area contributed by atoms with Gasteiger partial charge in [0.1, 0.15) is 17.5 Å². The minimum absolute atomic E-state index is 0.519. The average Bonchev–Trinajstić information content (AvgIpc) is 2.67. The van der Waals surface area contributed by atoms with Crippen LogP contribution in [-0.4, -0.2) is 18.4 Å². The largest absolute Gasteiger partial charge is 0.307 e. The molecule has 0 saturated carbocycles. The van der Waals surface area contributed by atoms with Crippen molar-refractivity contribution in [2.75, 3.05) is 6.54 Å². The molecule has 0 spiro atoms. The first kappa shape index (κ1) is 11.1. The molecule has 1 aliphatic heterocycles. The summed E-state index contributed by atoms with van der Waals surface area (Å²) >= 11 is 0. The summed E-state index contributed by atoms with van der Waals surface area (Å²) in [5.41, 5.74) is -0.652. The smallest absolute Gasteiger partial charge is 0.185 e. The van der Waals surface area contributed by atoms with Gasteiger partial charge in [-0.05, 0) is 19.4 Å². The minimum atomic E-state index is -1.14. The van der Waals surface area contributed by atoms with Crippen molar-refractivity contribution in [2.45, 2.75) is 18.9 Å². The van der Waals surface area contributed by atoms with Gasteiger partial charge in [0.25, 0.3) is 0 Å². The maximum absolute atomic E-state index is 13.3. The van der Waals surface area contributed by atoms with Crippen molar-refractivity contribution in [3.8, 4) is 0 Å². The summed E-state index contributed by atoms with van der Waals surface area (Å²) < 4.78 is 39.2. The molecule has 1 aliphatic rings. The van der Waals surface area contributed by atoms with Crippen LogP contribution in [0.4, 0.5) is 13.2 Å². The van der Waals surface area contributed by atoms with Crippen LogP contribution >= 0.6 is 0 Å². The Kier molecular flexibility index (Phi) is 2.96. The summed E-state index contributed by atoms with van der Waals surface area (Å²) in [7, 11) is 0. The fraction of sp³-hybridized carbons (Fsp3) is 0.364. The molecule has 2 nitrogen and oxygen atoms in total. The number of hydrogen-bond acceptors (Lipinski definition) is 2. The summed E-state index contributed by atoms with van der Waals surface area (Å²) in [4.78, 5) is 11.7. The molecule has 0 aromatic heterocycles. The second kappa shape index (κ2) is 4.25. The van der Waals surface area contributed by atoms with Crippen LogP contribution in [-0.2, 0) is 0 Å². The van der Waals surface area contributed by atoms with E-state index >= 15 is 0 Å². The SMILES string of the molecule is O=C(c1c(F)cc(F)cc1F)C1CCCN1. The lowest BCUT2D eigenvalue weighted by Crippen LogP contribution is -2.32. The molecule has 1 N–H and O–H groups in total. The van der Waals surface area contributed by atoms with Gasteiger partial charge in [0.15, 0.2) is 5.78 Å². The molecule has 0 bridgehead atoms. The lowest BCUT2D eigenvalue weighted by molar-refractivity contribution is 0.0943. The van der Waals surface area contributed by atoms with Gasteiger partial charge in [0.05, 0.1) is 11.6 Å². The normalized spacial score (nSPS) is 20.1. The van der Waals surface area contributed by atoms with E-state index in [0.717, 1.165) is 6.42 Å². The second-order valence-corrected chi connectivity index (χ2v) is 3.76. The monoisotopic (exact) mass is 229 g/mol. The molecule has 0 radical (unpaired) electrons. The maximum Gasteiger partial charge on any atom is 0.185 e. The van der Waals surface area contributed by atoms with Crippen LogP contribution in [0.3, 0.4) is 0 Å². The average molecular weight is 229 g/mol. The zero-order chi connectivity index (χ0) is 11.7. The Balaban J connectivity index is 2.35. The number of rotatable bonds is 2. The zero-order valence-corrected chi connectivity index (χ0v) is 8.40. The van der Waals surface area contributed by atoms with E-state index in [9.17, 15) is 18.0 Å². The number of Topliss-reactive ketones (excluding diaryl/α,β-unsaturated/α-hetero) is 1. The number of hydrogen-bond donors (Lipinski definition) is 1. The molecule has 16 heavy (non-hydrogen) atoms. The lowest BCUT2D eigenvalue weighted by Gasteiger charge is -2.10. The highest BCUT2D eigenvalue weighted by Crippen LogP contribution is 2.19. The molecule has 1 atom stereocenters. The molecule has 5 heteroatoms. The third kappa shape index (κ3) is 1.95. The molecule has 1 aromatic carbocycles.